The van der Waals surface area contributed by atoms with Gasteiger partial charge in [0.25, 0.3) is 0 Å². The Bertz CT molecular complexity index is 1160. The summed E-state index contributed by atoms with van der Waals surface area (Å²) in [5.41, 5.74) is 8.76. The number of benzene rings is 1. The van der Waals surface area contributed by atoms with Gasteiger partial charge in [0.2, 0.25) is 0 Å². The maximum absolute atomic E-state index is 15.0. The number of aromatic nitrogens is 2. The molecule has 8 rings (SSSR count). The van der Waals surface area contributed by atoms with Gasteiger partial charge in [-0.1, -0.05) is 31.4 Å². The molecule has 0 spiro atoms. The first-order chi connectivity index (χ1) is 18.0. The molecule has 2 heterocycles. The molecular weight excluding hydrogens is 469 g/mol. The van der Waals surface area contributed by atoms with Gasteiger partial charge >= 0.3 is 6.03 Å². The summed E-state index contributed by atoms with van der Waals surface area (Å²) in [7, 11) is 0. The third-order valence-electron chi connectivity index (χ3n) is 10.4. The summed E-state index contributed by atoms with van der Waals surface area (Å²) >= 11 is 0. The Labute approximate surface area is 217 Å². The smallest absolute Gasteiger partial charge is 0.329 e. The molecule has 4 bridgehead atoms. The van der Waals surface area contributed by atoms with Crippen LogP contribution in [0.4, 0.5) is 9.18 Å². The average Bonchev–Trinajstić information content (AvgIpc) is 3.47. The van der Waals surface area contributed by atoms with E-state index in [2.05, 4.69) is 21.2 Å². The number of urea groups is 1. The van der Waals surface area contributed by atoms with Crippen LogP contribution in [0.25, 0.3) is 11.3 Å². The summed E-state index contributed by atoms with van der Waals surface area (Å²) in [5.74, 6) is 1.29. The molecule has 4 N–H and O–H groups in total. The normalized spacial score (nSPS) is 34.7. The van der Waals surface area contributed by atoms with Gasteiger partial charge in [0.05, 0.1) is 30.4 Å². The minimum atomic E-state index is -0.505. The van der Waals surface area contributed by atoms with Gasteiger partial charge in [0, 0.05) is 23.2 Å². The van der Waals surface area contributed by atoms with Crippen molar-refractivity contribution in [2.75, 3.05) is 0 Å². The molecule has 2 aromatic rings. The number of hydrogen-bond acceptors (Lipinski definition) is 4. The predicted octanol–water partition coefficient (Wildman–Crippen LogP) is 4.67. The molecular formula is C29H38FN5O2. The molecule has 2 amide bonds. The van der Waals surface area contributed by atoms with E-state index >= 15 is 0 Å². The first-order valence-electron chi connectivity index (χ1n) is 14.3. The van der Waals surface area contributed by atoms with Crippen LogP contribution >= 0.6 is 0 Å². The van der Waals surface area contributed by atoms with Crippen LogP contribution in [0.5, 0.6) is 0 Å². The molecule has 198 valence electrons. The van der Waals surface area contributed by atoms with E-state index < -0.39 is 6.10 Å². The summed E-state index contributed by atoms with van der Waals surface area (Å²) in [6.45, 7) is 0. The molecule has 37 heavy (non-hydrogen) atoms. The molecule has 0 saturated heterocycles. The first kappa shape index (κ1) is 23.7. The minimum Gasteiger partial charge on any atom is -0.392 e. The molecule has 1 aliphatic heterocycles. The summed E-state index contributed by atoms with van der Waals surface area (Å²) < 4.78 is 17.0. The maximum Gasteiger partial charge on any atom is 0.329 e. The van der Waals surface area contributed by atoms with Gasteiger partial charge in [0.15, 0.2) is 0 Å². The monoisotopic (exact) mass is 507 g/mol. The van der Waals surface area contributed by atoms with Crippen molar-refractivity contribution in [1.29, 1.82) is 0 Å². The number of nitrogens with zero attached hydrogens (tertiary/aromatic N) is 2. The van der Waals surface area contributed by atoms with Crippen molar-refractivity contribution in [1.82, 2.24) is 25.7 Å². The molecule has 5 fully saturated rings. The number of hydrazine groups is 1. The third kappa shape index (κ3) is 3.98. The van der Waals surface area contributed by atoms with Crippen molar-refractivity contribution < 1.29 is 14.3 Å². The largest absolute Gasteiger partial charge is 0.392 e. The second kappa shape index (κ2) is 9.09. The number of carbonyl (C=O) groups is 1. The highest BCUT2D eigenvalue weighted by atomic mass is 19.1. The van der Waals surface area contributed by atoms with E-state index in [-0.39, 0.29) is 35.4 Å². The van der Waals surface area contributed by atoms with Gasteiger partial charge in [-0.25, -0.2) is 19.6 Å². The van der Waals surface area contributed by atoms with Crippen molar-refractivity contribution in [3.63, 3.8) is 0 Å². The Kier molecular flexibility index (Phi) is 5.81. The van der Waals surface area contributed by atoms with Crippen molar-refractivity contribution in [3.05, 3.63) is 42.1 Å². The summed E-state index contributed by atoms with van der Waals surface area (Å²) in [6.07, 6.45) is 14.6. The van der Waals surface area contributed by atoms with Crippen molar-refractivity contribution in [2.45, 2.75) is 94.9 Å². The van der Waals surface area contributed by atoms with Crippen LogP contribution < -0.4 is 16.2 Å². The Balaban J connectivity index is 1.04. The van der Waals surface area contributed by atoms with Gasteiger partial charge in [-0.05, 0) is 80.6 Å². The summed E-state index contributed by atoms with van der Waals surface area (Å²) in [5, 5.41) is 14.9. The fourth-order valence-corrected chi connectivity index (χ4v) is 9.04. The Morgan fingerprint density at radius 1 is 1.16 bits per heavy atom. The van der Waals surface area contributed by atoms with Gasteiger partial charge in [-0.3, -0.25) is 5.43 Å². The number of carbonyl (C=O) groups excluding carboxylic acids is 1. The van der Waals surface area contributed by atoms with E-state index in [1.165, 1.54) is 25.3 Å². The standard InChI is InChI=1S/C29H38FN5O2/c30-22-8-4-7-21-24-15-31-16-35(24)23(26(21)22)11-25(36)29-12-17-9-18(13-29)27(19(10-17)14-29)33-34-28(37)32-20-5-2-1-3-6-20/h4,7-8,15-20,23,25,27,33,36H,1-3,5-6,9-14H2,(H2,32,34,37). The van der Waals surface area contributed by atoms with Crippen LogP contribution in [0.1, 0.15) is 82.2 Å². The average molecular weight is 508 g/mol. The molecule has 5 aliphatic carbocycles. The van der Waals surface area contributed by atoms with E-state index in [1.807, 2.05) is 10.6 Å². The van der Waals surface area contributed by atoms with Crippen molar-refractivity contribution >= 4 is 6.03 Å². The fraction of sp³-hybridized carbons (Fsp3) is 0.655. The number of rotatable bonds is 6. The topological polar surface area (TPSA) is 91.2 Å². The molecule has 1 aromatic heterocycles. The van der Waals surface area contributed by atoms with Gasteiger partial charge in [-0.15, -0.1) is 0 Å². The summed E-state index contributed by atoms with van der Waals surface area (Å²) in [6, 6.07) is 5.42. The number of nitrogens with one attached hydrogen (secondary N) is 3. The van der Waals surface area contributed by atoms with Crippen LogP contribution in [0, 0.1) is 29.0 Å². The van der Waals surface area contributed by atoms with Gasteiger partial charge < -0.3 is 15.0 Å². The van der Waals surface area contributed by atoms with Gasteiger partial charge in [0.1, 0.15) is 5.82 Å². The number of hydrogen-bond donors (Lipinski definition) is 4. The molecule has 7 nitrogen and oxygen atoms in total. The van der Waals surface area contributed by atoms with E-state index in [0.29, 0.717) is 29.7 Å². The molecule has 4 atom stereocenters. The summed E-state index contributed by atoms with van der Waals surface area (Å²) in [4.78, 5) is 16.9. The SMILES string of the molecule is O=C(NNC1C2CC3CC1CC(C(O)CC1c4c(F)cccc4-c4cncn41)(C3)C2)NC1CCCCC1. The highest BCUT2D eigenvalue weighted by Crippen LogP contribution is 2.62. The number of aliphatic hydroxyl groups excluding tert-OH is 1. The molecule has 8 heteroatoms. The van der Waals surface area contributed by atoms with E-state index in [1.54, 1.807) is 18.6 Å². The minimum absolute atomic E-state index is 0.117. The number of imidazole rings is 1. The Hall–Kier alpha value is -2.45. The molecule has 5 saturated carbocycles. The fourth-order valence-electron chi connectivity index (χ4n) is 9.04. The maximum atomic E-state index is 15.0. The second-order valence-corrected chi connectivity index (χ2v) is 12.6. The van der Waals surface area contributed by atoms with E-state index in [4.69, 9.17) is 0 Å². The Morgan fingerprint density at radius 2 is 1.95 bits per heavy atom. The lowest BCUT2D eigenvalue weighted by atomic mass is 9.46. The van der Waals surface area contributed by atoms with Crippen LogP contribution in [-0.4, -0.2) is 38.9 Å². The first-order valence-corrected chi connectivity index (χ1v) is 14.3. The van der Waals surface area contributed by atoms with Crippen molar-refractivity contribution in [2.24, 2.45) is 23.2 Å². The third-order valence-corrected chi connectivity index (χ3v) is 10.4. The predicted molar refractivity (Wildman–Crippen MR) is 138 cm³/mol. The number of aliphatic hydroxyl groups is 1. The highest BCUT2D eigenvalue weighted by Gasteiger charge is 2.58. The lowest BCUT2D eigenvalue weighted by Crippen LogP contribution is -2.64. The number of fused-ring (bicyclic) bond motifs is 3. The molecule has 6 aliphatic rings. The van der Waals surface area contributed by atoms with Crippen LogP contribution in [0.15, 0.2) is 30.7 Å². The molecule has 1 aromatic carbocycles. The lowest BCUT2D eigenvalue weighted by Gasteiger charge is -2.61. The zero-order chi connectivity index (χ0) is 25.1. The Morgan fingerprint density at radius 3 is 2.73 bits per heavy atom. The second-order valence-electron chi connectivity index (χ2n) is 12.6. The van der Waals surface area contributed by atoms with Crippen molar-refractivity contribution in [3.8, 4) is 11.3 Å². The highest BCUT2D eigenvalue weighted by molar-refractivity contribution is 5.73. The quantitative estimate of drug-likeness (QED) is 0.428. The molecule has 0 radical (unpaired) electrons. The van der Waals surface area contributed by atoms with E-state index in [0.717, 1.165) is 56.2 Å². The lowest BCUT2D eigenvalue weighted by molar-refractivity contribution is -0.139. The van der Waals surface area contributed by atoms with Crippen LogP contribution in [-0.2, 0) is 0 Å². The zero-order valence-electron chi connectivity index (χ0n) is 21.3. The number of amides is 2. The zero-order valence-corrected chi connectivity index (χ0v) is 21.3. The molecule has 4 unspecified atom stereocenters. The number of halogens is 1. The van der Waals surface area contributed by atoms with Crippen LogP contribution in [0.2, 0.25) is 0 Å². The van der Waals surface area contributed by atoms with Crippen LogP contribution in [0.3, 0.4) is 0 Å². The van der Waals surface area contributed by atoms with Gasteiger partial charge in [-0.2, -0.15) is 0 Å². The van der Waals surface area contributed by atoms with E-state index in [9.17, 15) is 14.3 Å².